The van der Waals surface area contributed by atoms with E-state index in [0.717, 1.165) is 16.7 Å². The standard InChI is InChI=1S/C41H56N11O16PS/c1-5-17(3)32-37(62)43-12-29(55)45-26-15-70-39-21(20-8-23(44-16-53)28(10-22(20)48-39)68-41(65)51-69(66)67)9-24(34(59)42-13-30(56)49-32)46-38(63)33(18(4)6-2)50-36(61)27-7-19(54)14-52(27)40(64)25(11-31(57)58)47-35(26)60/h8,10,16-19,24-27,32-33,48,54,66-67H,5-7,9,11-15H2,1-4H3,(H,42,59)(H,43,62)(H,44,53)(H,45,55)(H,46,63)(H,47,60)(H,49,56)(H,50,61)(H,51,65)(H,57,58)/t17-,18?,19+,24-,25-,26-,27-,32-,33-/m0/s1. The monoisotopic (exact) mass is 1020 g/mol. The lowest BCUT2D eigenvalue weighted by Crippen LogP contribution is -2.61. The van der Waals surface area contributed by atoms with Gasteiger partial charge in [0.05, 0.1) is 41.8 Å². The number of ether oxygens (including phenoxy) is 1. The molecule has 1 aromatic heterocycles. The van der Waals surface area contributed by atoms with Crippen LogP contribution in [0.2, 0.25) is 0 Å². The Hall–Kier alpha value is -6.61. The number of anilines is 1. The first kappa shape index (κ1) is 54.3. The summed E-state index contributed by atoms with van der Waals surface area (Å²) in [5.41, 5.74) is 0.138. The molecular formula is C41H56N11O16PS. The van der Waals surface area contributed by atoms with Gasteiger partial charge in [-0.1, -0.05) is 40.5 Å². The van der Waals surface area contributed by atoms with Crippen LogP contribution in [0.4, 0.5) is 10.5 Å². The molecule has 9 atom stereocenters. The molecule has 1 fully saturated rings. The van der Waals surface area contributed by atoms with Gasteiger partial charge in [-0.2, -0.15) is 0 Å². The van der Waals surface area contributed by atoms with Gasteiger partial charge in [-0.25, -0.2) is 4.79 Å². The lowest BCUT2D eigenvalue weighted by molar-refractivity contribution is -0.146. The number of nitrogens with one attached hydrogen (secondary N) is 10. The molecule has 14 N–H and O–H groups in total. The topological polar surface area (TPSA) is 405 Å². The summed E-state index contributed by atoms with van der Waals surface area (Å²) >= 11 is 0.832. The van der Waals surface area contributed by atoms with Crippen LogP contribution in [-0.4, -0.2) is 163 Å². The predicted octanol–water partition coefficient (Wildman–Crippen LogP) is -3.12. The van der Waals surface area contributed by atoms with Crippen LogP contribution in [-0.2, 0) is 54.4 Å². The SMILES string of the molecule is CCC(C)[C@@H]1NC(=O)[C@@H]2C[C@@H](O)CN2C(=O)[C@H](CC(=O)O)NC(=O)[C@@H]2CSc3[nH]c4cc(OC(=O)NP(O)O)c(NC=O)cc4c3C[C@H](NC1=O)C(=O)NCC(=O)N[C@@H]([C@@H](C)CC)C(=O)NCC(=O)N2. The normalized spacial score (nSPS) is 25.4. The predicted molar refractivity (Wildman–Crippen MR) is 246 cm³/mol. The van der Waals surface area contributed by atoms with E-state index in [1.54, 1.807) is 32.8 Å². The highest BCUT2D eigenvalue weighted by atomic mass is 32.2. The number of benzene rings is 1. The van der Waals surface area contributed by atoms with Gasteiger partial charge >= 0.3 is 12.1 Å². The van der Waals surface area contributed by atoms with E-state index < -0.39 is 160 Å². The van der Waals surface area contributed by atoms with E-state index in [-0.39, 0.29) is 52.2 Å². The van der Waals surface area contributed by atoms with Crippen molar-refractivity contribution in [1.29, 1.82) is 0 Å². The molecule has 2 bridgehead atoms. The highest BCUT2D eigenvalue weighted by molar-refractivity contribution is 7.99. The van der Waals surface area contributed by atoms with Crippen molar-refractivity contribution in [1.82, 2.24) is 52.2 Å². The second-order valence-corrected chi connectivity index (χ2v) is 18.7. The van der Waals surface area contributed by atoms with Crippen molar-refractivity contribution < 1.29 is 77.5 Å². The average Bonchev–Trinajstić information content (AvgIpc) is 3.86. The Bertz CT molecular complexity index is 2390. The number of aromatic amines is 1. The molecular weight excluding hydrogens is 966 g/mol. The zero-order valence-electron chi connectivity index (χ0n) is 38.3. The molecule has 1 aromatic carbocycles. The van der Waals surface area contributed by atoms with Crippen molar-refractivity contribution in [3.05, 3.63) is 17.7 Å². The van der Waals surface area contributed by atoms with Crippen LogP contribution < -0.4 is 52.4 Å². The molecule has 3 aliphatic heterocycles. The fourth-order valence-corrected chi connectivity index (χ4v) is 9.24. The molecule has 3 aliphatic rings. The maximum Gasteiger partial charge on any atom is 0.419 e. The van der Waals surface area contributed by atoms with E-state index in [2.05, 4.69) is 47.5 Å². The van der Waals surface area contributed by atoms with Gasteiger partial charge in [-0.3, -0.25) is 53.0 Å². The number of amides is 10. The Balaban J connectivity index is 1.75. The number of carboxylic acid groups (broad SMARTS) is 1. The first-order valence-corrected chi connectivity index (χ1v) is 24.3. The highest BCUT2D eigenvalue weighted by Gasteiger charge is 2.44. The third-order valence-electron chi connectivity index (χ3n) is 12.0. The van der Waals surface area contributed by atoms with Crippen LogP contribution in [0.3, 0.4) is 0 Å². The van der Waals surface area contributed by atoms with Crippen LogP contribution in [0.25, 0.3) is 10.9 Å². The molecule has 29 heteroatoms. The lowest BCUT2D eigenvalue weighted by Gasteiger charge is -2.31. The number of fused-ring (bicyclic) bond motifs is 5. The Labute approximate surface area is 404 Å². The quantitative estimate of drug-likeness (QED) is 0.0827. The number of carbonyl (C=O) groups excluding carboxylic acids is 10. The van der Waals surface area contributed by atoms with E-state index in [0.29, 0.717) is 6.42 Å². The minimum atomic E-state index is -2.97. The number of aromatic nitrogens is 1. The van der Waals surface area contributed by atoms with Crippen LogP contribution in [0.15, 0.2) is 17.2 Å². The molecule has 4 heterocycles. The fraction of sp³-hybridized carbons (Fsp3) is 0.537. The van der Waals surface area contributed by atoms with Crippen molar-refractivity contribution in [2.45, 2.75) is 107 Å². The highest BCUT2D eigenvalue weighted by Crippen LogP contribution is 2.38. The molecule has 2 aromatic rings. The maximum atomic E-state index is 14.5. The lowest BCUT2D eigenvalue weighted by atomic mass is 9.96. The molecule has 382 valence electrons. The number of aliphatic hydroxyl groups is 1. The number of carbonyl (C=O) groups is 11. The molecule has 0 saturated carbocycles. The summed E-state index contributed by atoms with van der Waals surface area (Å²) in [6, 6.07) is -6.78. The fourth-order valence-electron chi connectivity index (χ4n) is 7.91. The van der Waals surface area contributed by atoms with Crippen molar-refractivity contribution >= 4 is 103 Å². The zero-order chi connectivity index (χ0) is 51.6. The van der Waals surface area contributed by atoms with Gasteiger partial charge in [0.15, 0.2) is 5.75 Å². The minimum absolute atomic E-state index is 0.116. The van der Waals surface area contributed by atoms with Gasteiger partial charge in [0.1, 0.15) is 36.3 Å². The van der Waals surface area contributed by atoms with Gasteiger partial charge in [-0.05, 0) is 23.5 Å². The van der Waals surface area contributed by atoms with Gasteiger partial charge in [0.2, 0.25) is 53.7 Å². The van der Waals surface area contributed by atoms with Crippen molar-refractivity contribution in [3.8, 4) is 5.75 Å². The molecule has 1 unspecified atom stereocenters. The van der Waals surface area contributed by atoms with Crippen LogP contribution in [0.5, 0.6) is 5.75 Å². The Kier molecular flexibility index (Phi) is 18.9. The zero-order valence-corrected chi connectivity index (χ0v) is 40.0. The van der Waals surface area contributed by atoms with Crippen molar-refractivity contribution in [2.75, 3.05) is 30.7 Å². The Morgan fingerprint density at radius 3 is 2.13 bits per heavy atom. The molecule has 5 rings (SSSR count). The van der Waals surface area contributed by atoms with Crippen molar-refractivity contribution in [3.63, 3.8) is 0 Å². The van der Waals surface area contributed by atoms with E-state index in [1.165, 1.54) is 12.1 Å². The van der Waals surface area contributed by atoms with E-state index in [9.17, 15) is 72.7 Å². The number of nitrogens with zero attached hydrogens (tertiary/aromatic N) is 1. The summed E-state index contributed by atoms with van der Waals surface area (Å²) in [4.78, 5) is 171. The third kappa shape index (κ3) is 13.8. The Morgan fingerprint density at radius 1 is 0.857 bits per heavy atom. The van der Waals surface area contributed by atoms with Gasteiger partial charge < -0.3 is 77.2 Å². The van der Waals surface area contributed by atoms with Gasteiger partial charge in [-0.15, -0.1) is 11.8 Å². The maximum absolute atomic E-state index is 14.5. The first-order chi connectivity index (χ1) is 33.1. The van der Waals surface area contributed by atoms with E-state index >= 15 is 0 Å². The van der Waals surface area contributed by atoms with Gasteiger partial charge in [0.25, 0.3) is 8.53 Å². The third-order valence-corrected chi connectivity index (χ3v) is 13.5. The van der Waals surface area contributed by atoms with Crippen molar-refractivity contribution in [2.24, 2.45) is 11.8 Å². The number of H-pyrrole nitrogens is 1. The summed E-state index contributed by atoms with van der Waals surface area (Å²) in [5.74, 6) is -11.1. The number of aliphatic carboxylic acids is 1. The second-order valence-electron chi connectivity index (χ2n) is 16.9. The van der Waals surface area contributed by atoms with Crippen LogP contribution >= 0.6 is 20.3 Å². The molecule has 10 amide bonds. The first-order valence-electron chi connectivity index (χ1n) is 22.1. The summed E-state index contributed by atoms with van der Waals surface area (Å²) in [6.07, 6.45) is -3.58. The van der Waals surface area contributed by atoms with E-state index in [4.69, 9.17) is 4.74 Å². The summed E-state index contributed by atoms with van der Waals surface area (Å²) < 4.78 is 5.24. The molecule has 0 aliphatic carbocycles. The van der Waals surface area contributed by atoms with Gasteiger partial charge in [0, 0.05) is 36.6 Å². The number of aliphatic hydroxyl groups excluding tert-OH is 1. The number of hydrogen-bond donors (Lipinski definition) is 14. The molecule has 27 nitrogen and oxygen atoms in total. The minimum Gasteiger partial charge on any atom is -0.481 e. The second kappa shape index (κ2) is 24.3. The molecule has 0 radical (unpaired) electrons. The number of hydrogen-bond acceptors (Lipinski definition) is 16. The summed E-state index contributed by atoms with van der Waals surface area (Å²) in [5, 5.41) is 42.7. The molecule has 1 saturated heterocycles. The number of carboxylic acids is 1. The molecule has 70 heavy (non-hydrogen) atoms. The average molecular weight is 1020 g/mol. The largest absolute Gasteiger partial charge is 0.481 e. The number of rotatable bonds is 10. The van der Waals surface area contributed by atoms with Crippen LogP contribution in [0, 0.1) is 11.8 Å². The summed E-state index contributed by atoms with van der Waals surface area (Å²) in [6.45, 7) is 4.78. The summed E-state index contributed by atoms with van der Waals surface area (Å²) in [7, 11) is -2.97. The van der Waals surface area contributed by atoms with Crippen LogP contribution in [0.1, 0.15) is 58.9 Å². The number of thioether (sulfide) groups is 1. The molecule has 0 spiro atoms. The Morgan fingerprint density at radius 2 is 1.50 bits per heavy atom. The smallest absolute Gasteiger partial charge is 0.419 e. The van der Waals surface area contributed by atoms with E-state index in [1.807, 2.05) is 0 Å².